The van der Waals surface area contributed by atoms with Crippen molar-refractivity contribution in [3.63, 3.8) is 0 Å². The van der Waals surface area contributed by atoms with Crippen LogP contribution in [-0.2, 0) is 21.6 Å². The summed E-state index contributed by atoms with van der Waals surface area (Å²) in [5, 5.41) is 0. The highest BCUT2D eigenvalue weighted by Gasteiger charge is 2.42. The van der Waals surface area contributed by atoms with Gasteiger partial charge in [0.1, 0.15) is 11.6 Å². The monoisotopic (exact) mass is 234 g/mol. The Morgan fingerprint density at radius 3 is 3.06 bits per heavy atom. The molecule has 3 heteroatoms. The lowest BCUT2D eigenvalue weighted by atomic mass is 9.67. The predicted octanol–water partition coefficient (Wildman–Crippen LogP) is 2.74. The van der Waals surface area contributed by atoms with Gasteiger partial charge >= 0.3 is 0 Å². The number of carbonyl (C=O) groups excluding carboxylic acids is 1. The molecule has 2 nitrogen and oxygen atoms in total. The van der Waals surface area contributed by atoms with Crippen molar-refractivity contribution in [1.82, 2.24) is 0 Å². The summed E-state index contributed by atoms with van der Waals surface area (Å²) in [6.07, 6.45) is 2.76. The highest BCUT2D eigenvalue weighted by atomic mass is 19.1. The Labute approximate surface area is 99.8 Å². The highest BCUT2D eigenvalue weighted by molar-refractivity contribution is 5.81. The number of benzene rings is 1. The largest absolute Gasteiger partial charge is 0.376 e. The first-order valence-corrected chi connectivity index (χ1v) is 6.09. The number of hydrogen-bond acceptors (Lipinski definition) is 2. The summed E-state index contributed by atoms with van der Waals surface area (Å²) in [5.74, 6) is 0.0523. The van der Waals surface area contributed by atoms with Crippen LogP contribution in [0.2, 0.25) is 0 Å². The van der Waals surface area contributed by atoms with Gasteiger partial charge in [-0.25, -0.2) is 4.39 Å². The first-order valence-electron chi connectivity index (χ1n) is 6.09. The lowest BCUT2D eigenvalue weighted by Crippen LogP contribution is -2.41. The molecule has 0 radical (unpaired) electrons. The van der Waals surface area contributed by atoms with Crippen LogP contribution in [0.25, 0.3) is 0 Å². The minimum atomic E-state index is -0.395. The van der Waals surface area contributed by atoms with Gasteiger partial charge in [-0.2, -0.15) is 0 Å². The lowest BCUT2D eigenvalue weighted by Gasteiger charge is -2.41. The Morgan fingerprint density at radius 2 is 2.24 bits per heavy atom. The topological polar surface area (TPSA) is 26.3 Å². The van der Waals surface area contributed by atoms with E-state index in [2.05, 4.69) is 0 Å². The number of fused-ring (bicyclic) bond motifs is 2. The van der Waals surface area contributed by atoms with E-state index in [1.807, 2.05) is 6.07 Å². The van der Waals surface area contributed by atoms with Crippen LogP contribution in [0.4, 0.5) is 4.39 Å². The standard InChI is InChI=1S/C14H15FO2/c15-12-5-1-3-10-8-17-9-14(13(10)12)6-2-4-11(16)7-14/h1,3,5H,2,4,6-9H2. The van der Waals surface area contributed by atoms with E-state index >= 15 is 0 Å². The molecule has 1 unspecified atom stereocenters. The predicted molar refractivity (Wildman–Crippen MR) is 61.2 cm³/mol. The van der Waals surface area contributed by atoms with E-state index in [0.717, 1.165) is 24.0 Å². The molecule has 0 saturated heterocycles. The van der Waals surface area contributed by atoms with Crippen LogP contribution in [0.15, 0.2) is 18.2 Å². The fourth-order valence-corrected chi connectivity index (χ4v) is 3.23. The molecule has 90 valence electrons. The lowest BCUT2D eigenvalue weighted by molar-refractivity contribution is -0.123. The summed E-state index contributed by atoms with van der Waals surface area (Å²) in [5.41, 5.74) is 1.25. The maximum atomic E-state index is 14.1. The molecule has 1 saturated carbocycles. The van der Waals surface area contributed by atoms with Crippen LogP contribution in [-0.4, -0.2) is 12.4 Å². The number of rotatable bonds is 0. The zero-order valence-corrected chi connectivity index (χ0v) is 9.67. The Bertz CT molecular complexity index is 469. The SMILES string of the molecule is O=C1CCCC2(COCc3cccc(F)c32)C1. The summed E-state index contributed by atoms with van der Waals surface area (Å²) in [4.78, 5) is 11.7. The molecule has 3 rings (SSSR count). The van der Waals surface area contributed by atoms with E-state index in [9.17, 15) is 9.18 Å². The Balaban J connectivity index is 2.12. The van der Waals surface area contributed by atoms with E-state index in [-0.39, 0.29) is 11.6 Å². The van der Waals surface area contributed by atoms with Crippen LogP contribution in [0.5, 0.6) is 0 Å². The van der Waals surface area contributed by atoms with Crippen LogP contribution >= 0.6 is 0 Å². The average Bonchev–Trinajstić information content (AvgIpc) is 2.29. The molecule has 1 aliphatic carbocycles. The fourth-order valence-electron chi connectivity index (χ4n) is 3.23. The molecule has 1 aromatic carbocycles. The van der Waals surface area contributed by atoms with Crippen molar-refractivity contribution < 1.29 is 13.9 Å². The molecular formula is C14H15FO2. The number of carbonyl (C=O) groups is 1. The third-order valence-electron chi connectivity index (χ3n) is 3.91. The average molecular weight is 234 g/mol. The zero-order chi connectivity index (χ0) is 11.9. The molecule has 1 aliphatic heterocycles. The highest BCUT2D eigenvalue weighted by Crippen LogP contribution is 2.43. The molecule has 1 fully saturated rings. The quantitative estimate of drug-likeness (QED) is 0.690. The molecule has 1 heterocycles. The minimum absolute atomic E-state index is 0.180. The van der Waals surface area contributed by atoms with Gasteiger partial charge < -0.3 is 4.74 Å². The molecule has 1 atom stereocenters. The van der Waals surface area contributed by atoms with Gasteiger partial charge in [-0.05, 0) is 24.5 Å². The van der Waals surface area contributed by atoms with E-state index in [1.165, 1.54) is 6.07 Å². The Kier molecular flexibility index (Phi) is 2.51. The summed E-state index contributed by atoms with van der Waals surface area (Å²) >= 11 is 0. The van der Waals surface area contributed by atoms with Gasteiger partial charge in [0.2, 0.25) is 0 Å². The van der Waals surface area contributed by atoms with Crippen molar-refractivity contribution in [3.8, 4) is 0 Å². The van der Waals surface area contributed by atoms with Gasteiger partial charge in [0, 0.05) is 23.8 Å². The third kappa shape index (κ3) is 1.69. The molecule has 0 N–H and O–H groups in total. The van der Waals surface area contributed by atoms with E-state index in [4.69, 9.17) is 4.74 Å². The fraction of sp³-hybridized carbons (Fsp3) is 0.500. The van der Waals surface area contributed by atoms with Gasteiger partial charge in [0.25, 0.3) is 0 Å². The van der Waals surface area contributed by atoms with Crippen LogP contribution in [0, 0.1) is 5.82 Å². The zero-order valence-electron chi connectivity index (χ0n) is 9.67. The number of Topliss-reactive ketones (excluding diaryl/α,β-unsaturated/α-hetero) is 1. The second-order valence-corrected chi connectivity index (χ2v) is 5.12. The molecular weight excluding hydrogens is 219 g/mol. The van der Waals surface area contributed by atoms with Gasteiger partial charge in [0.05, 0.1) is 13.2 Å². The third-order valence-corrected chi connectivity index (χ3v) is 3.91. The van der Waals surface area contributed by atoms with Crippen molar-refractivity contribution in [2.75, 3.05) is 6.61 Å². The first kappa shape index (κ1) is 10.9. The van der Waals surface area contributed by atoms with Gasteiger partial charge in [0.15, 0.2) is 0 Å². The second kappa shape index (κ2) is 3.91. The maximum Gasteiger partial charge on any atom is 0.133 e. The second-order valence-electron chi connectivity index (χ2n) is 5.12. The van der Waals surface area contributed by atoms with Crippen LogP contribution < -0.4 is 0 Å². The van der Waals surface area contributed by atoms with Crippen LogP contribution in [0.3, 0.4) is 0 Å². The smallest absolute Gasteiger partial charge is 0.133 e. The van der Waals surface area contributed by atoms with Crippen LogP contribution in [0.1, 0.15) is 36.8 Å². The summed E-state index contributed by atoms with van der Waals surface area (Å²) < 4.78 is 19.6. The molecule has 0 amide bonds. The number of ether oxygens (including phenoxy) is 1. The van der Waals surface area contributed by atoms with Gasteiger partial charge in [-0.15, -0.1) is 0 Å². The molecule has 1 aromatic rings. The normalized spacial score (nSPS) is 28.2. The summed E-state index contributed by atoms with van der Waals surface area (Å²) in [6.45, 7) is 0.940. The van der Waals surface area contributed by atoms with Crippen molar-refractivity contribution >= 4 is 5.78 Å². The number of halogens is 1. The summed E-state index contributed by atoms with van der Waals surface area (Å²) in [6, 6.07) is 5.10. The van der Waals surface area contributed by atoms with E-state index in [0.29, 0.717) is 26.1 Å². The van der Waals surface area contributed by atoms with E-state index < -0.39 is 5.41 Å². The molecule has 0 bridgehead atoms. The van der Waals surface area contributed by atoms with Gasteiger partial charge in [-0.3, -0.25) is 4.79 Å². The van der Waals surface area contributed by atoms with E-state index in [1.54, 1.807) is 6.07 Å². The molecule has 1 spiro atoms. The Hall–Kier alpha value is -1.22. The van der Waals surface area contributed by atoms with Crippen molar-refractivity contribution in [3.05, 3.63) is 35.1 Å². The van der Waals surface area contributed by atoms with Gasteiger partial charge in [-0.1, -0.05) is 12.1 Å². The summed E-state index contributed by atoms with van der Waals surface area (Å²) in [7, 11) is 0. The van der Waals surface area contributed by atoms with Crippen molar-refractivity contribution in [2.24, 2.45) is 0 Å². The first-order chi connectivity index (χ1) is 8.21. The number of ketones is 1. The van der Waals surface area contributed by atoms with Crippen molar-refractivity contribution in [2.45, 2.75) is 37.7 Å². The number of hydrogen-bond donors (Lipinski definition) is 0. The molecule has 2 aliphatic rings. The van der Waals surface area contributed by atoms with Crippen molar-refractivity contribution in [1.29, 1.82) is 0 Å². The molecule has 0 aromatic heterocycles. The minimum Gasteiger partial charge on any atom is -0.376 e. The Morgan fingerprint density at radius 1 is 1.35 bits per heavy atom. The molecule has 17 heavy (non-hydrogen) atoms. The maximum absolute atomic E-state index is 14.1.